The van der Waals surface area contributed by atoms with Crippen LogP contribution in [0.4, 0.5) is 0 Å². The molecule has 2 aliphatic rings. The molecular formula is C28H31ClN2O3. The quantitative estimate of drug-likeness (QED) is 0.477. The first-order valence-electron chi connectivity index (χ1n) is 11.6. The van der Waals surface area contributed by atoms with Crippen LogP contribution >= 0.6 is 11.6 Å². The molecule has 0 radical (unpaired) electrons. The van der Waals surface area contributed by atoms with E-state index in [0.29, 0.717) is 12.3 Å². The molecule has 3 aromatic carbocycles. The van der Waals surface area contributed by atoms with Gasteiger partial charge in [0.25, 0.3) is 0 Å². The van der Waals surface area contributed by atoms with Crippen molar-refractivity contribution in [1.29, 1.82) is 0 Å². The van der Waals surface area contributed by atoms with E-state index in [1.807, 2.05) is 24.3 Å². The molecule has 1 amide bonds. The number of benzene rings is 3. The van der Waals surface area contributed by atoms with E-state index < -0.39 is 0 Å². The van der Waals surface area contributed by atoms with Crippen molar-refractivity contribution in [2.45, 2.75) is 32.5 Å². The molecule has 5 nitrogen and oxygen atoms in total. The van der Waals surface area contributed by atoms with Crippen molar-refractivity contribution >= 4 is 18.0 Å². The van der Waals surface area contributed by atoms with E-state index in [1.54, 1.807) is 19.1 Å². The lowest BCUT2D eigenvalue weighted by Gasteiger charge is -2.28. The molecule has 0 N–H and O–H groups in total. The van der Waals surface area contributed by atoms with Crippen LogP contribution in [-0.4, -0.2) is 43.5 Å². The van der Waals surface area contributed by atoms with Crippen LogP contribution in [0.25, 0.3) is 0 Å². The molecule has 2 heterocycles. The number of methoxy groups -OCH3 is 2. The summed E-state index contributed by atoms with van der Waals surface area (Å²) in [5, 5.41) is 0.872. The lowest BCUT2D eigenvalue weighted by Crippen LogP contribution is -2.30. The monoisotopic (exact) mass is 478 g/mol. The highest BCUT2D eigenvalue weighted by molar-refractivity contribution is 6.31. The highest BCUT2D eigenvalue weighted by Gasteiger charge is 2.18. The summed E-state index contributed by atoms with van der Waals surface area (Å²) in [4.78, 5) is 14.9. The smallest absolute Gasteiger partial charge is 0.210 e. The minimum absolute atomic E-state index is 0.652. The Balaban J connectivity index is 0.000000162. The molecule has 6 heteroatoms. The van der Waals surface area contributed by atoms with E-state index >= 15 is 0 Å². The van der Waals surface area contributed by atoms with Gasteiger partial charge < -0.3 is 14.4 Å². The molecule has 0 aromatic heterocycles. The largest absolute Gasteiger partial charge is 0.493 e. The predicted molar refractivity (Wildman–Crippen MR) is 135 cm³/mol. The van der Waals surface area contributed by atoms with Crippen molar-refractivity contribution in [1.82, 2.24) is 9.80 Å². The molecule has 0 spiro atoms. The van der Waals surface area contributed by atoms with Gasteiger partial charge in [-0.2, -0.15) is 0 Å². The van der Waals surface area contributed by atoms with Crippen LogP contribution in [0.1, 0.15) is 27.8 Å². The fourth-order valence-electron chi connectivity index (χ4n) is 4.55. The van der Waals surface area contributed by atoms with E-state index in [2.05, 4.69) is 41.3 Å². The maximum Gasteiger partial charge on any atom is 0.210 e. The molecular weight excluding hydrogens is 448 g/mol. The van der Waals surface area contributed by atoms with Gasteiger partial charge >= 0.3 is 0 Å². The number of nitrogens with zero attached hydrogens (tertiary/aromatic N) is 2. The maximum atomic E-state index is 10.7. The van der Waals surface area contributed by atoms with E-state index in [0.717, 1.165) is 61.8 Å². The molecule has 0 saturated carbocycles. The van der Waals surface area contributed by atoms with Gasteiger partial charge in [-0.25, -0.2) is 0 Å². The molecule has 0 bridgehead atoms. The highest BCUT2D eigenvalue weighted by Crippen LogP contribution is 2.33. The summed E-state index contributed by atoms with van der Waals surface area (Å²) in [5.41, 5.74) is 6.54. The number of halogens is 1. The third-order valence-corrected chi connectivity index (χ3v) is 6.83. The normalized spacial score (nSPS) is 14.9. The minimum Gasteiger partial charge on any atom is -0.493 e. The van der Waals surface area contributed by atoms with Gasteiger partial charge in [0.05, 0.1) is 14.2 Å². The molecule has 0 unspecified atom stereocenters. The van der Waals surface area contributed by atoms with Gasteiger partial charge in [0.15, 0.2) is 11.5 Å². The van der Waals surface area contributed by atoms with Crippen LogP contribution in [0, 0.1) is 0 Å². The minimum atomic E-state index is 0.652. The Morgan fingerprint density at radius 3 is 2.18 bits per heavy atom. The number of amides is 1. The fraction of sp³-hybridized carbons (Fsp3) is 0.321. The fourth-order valence-corrected chi connectivity index (χ4v) is 4.75. The van der Waals surface area contributed by atoms with Gasteiger partial charge in [0.2, 0.25) is 6.41 Å². The maximum absolute atomic E-state index is 10.7. The number of carbonyl (C=O) groups excluding carboxylic acids is 1. The zero-order chi connectivity index (χ0) is 23.9. The Kier molecular flexibility index (Phi) is 8.09. The lowest BCUT2D eigenvalue weighted by atomic mass is 9.99. The Bertz CT molecular complexity index is 1130. The summed E-state index contributed by atoms with van der Waals surface area (Å²) in [6.07, 6.45) is 2.90. The first kappa shape index (κ1) is 24.1. The molecule has 5 rings (SSSR count). The average molecular weight is 479 g/mol. The molecule has 34 heavy (non-hydrogen) atoms. The third-order valence-electron chi connectivity index (χ3n) is 6.46. The molecule has 3 aromatic rings. The second-order valence-electron chi connectivity index (χ2n) is 8.62. The molecule has 0 aliphatic carbocycles. The highest BCUT2D eigenvalue weighted by atomic mass is 35.5. The van der Waals surface area contributed by atoms with Crippen LogP contribution in [-0.2, 0) is 37.3 Å². The van der Waals surface area contributed by atoms with Crippen molar-refractivity contribution in [3.63, 3.8) is 0 Å². The zero-order valence-electron chi connectivity index (χ0n) is 19.8. The number of hydrogen-bond acceptors (Lipinski definition) is 4. The number of rotatable bonds is 5. The van der Waals surface area contributed by atoms with E-state index in [4.69, 9.17) is 21.1 Å². The van der Waals surface area contributed by atoms with Crippen molar-refractivity contribution < 1.29 is 14.3 Å². The van der Waals surface area contributed by atoms with Gasteiger partial charge in [0, 0.05) is 37.7 Å². The molecule has 2 aliphatic heterocycles. The summed E-state index contributed by atoms with van der Waals surface area (Å²) in [6, 6.07) is 20.8. The number of carbonyl (C=O) groups is 1. The van der Waals surface area contributed by atoms with E-state index in [9.17, 15) is 4.79 Å². The number of ether oxygens (including phenoxy) is 2. The van der Waals surface area contributed by atoms with Crippen LogP contribution in [0.15, 0.2) is 60.7 Å². The topological polar surface area (TPSA) is 42.0 Å². The van der Waals surface area contributed by atoms with Gasteiger partial charge in [-0.3, -0.25) is 9.69 Å². The van der Waals surface area contributed by atoms with Gasteiger partial charge in [-0.05, 0) is 58.9 Å². The summed E-state index contributed by atoms with van der Waals surface area (Å²) in [7, 11) is 3.25. The Morgan fingerprint density at radius 2 is 1.47 bits per heavy atom. The predicted octanol–water partition coefficient (Wildman–Crippen LogP) is 5.12. The summed E-state index contributed by atoms with van der Waals surface area (Å²) >= 11 is 6.22. The van der Waals surface area contributed by atoms with Crippen molar-refractivity contribution in [2.24, 2.45) is 0 Å². The SMILES string of the molecule is COc1cc2c(cc1OC)CN(C=O)CC2.Clc1ccccc1CN1CCc2ccccc2C1. The van der Waals surface area contributed by atoms with Crippen LogP contribution in [0.5, 0.6) is 11.5 Å². The first-order chi connectivity index (χ1) is 16.6. The standard InChI is InChI=1S/C16H16ClN.C12H15NO3/c17-16-8-4-3-7-15(16)12-18-10-9-13-5-1-2-6-14(13)11-18;1-15-11-5-9-3-4-13(8-14)7-10(9)6-12(11)16-2/h1-8H,9-12H2;5-6,8H,3-4,7H2,1-2H3. The number of hydrogen-bond donors (Lipinski definition) is 0. The molecule has 0 atom stereocenters. The summed E-state index contributed by atoms with van der Waals surface area (Å²) < 4.78 is 10.5. The van der Waals surface area contributed by atoms with Crippen molar-refractivity contribution in [3.05, 3.63) is 93.5 Å². The van der Waals surface area contributed by atoms with Crippen molar-refractivity contribution in [3.8, 4) is 11.5 Å². The molecule has 178 valence electrons. The second-order valence-corrected chi connectivity index (χ2v) is 9.03. The third kappa shape index (κ3) is 5.72. The summed E-state index contributed by atoms with van der Waals surface area (Å²) in [5.74, 6) is 1.47. The summed E-state index contributed by atoms with van der Waals surface area (Å²) in [6.45, 7) is 4.50. The van der Waals surface area contributed by atoms with Gasteiger partial charge in [0.1, 0.15) is 0 Å². The Hall–Kier alpha value is -3.02. The second kappa shape index (κ2) is 11.4. The Labute approximate surface area is 206 Å². The number of fused-ring (bicyclic) bond motifs is 2. The first-order valence-corrected chi connectivity index (χ1v) is 11.9. The zero-order valence-corrected chi connectivity index (χ0v) is 20.6. The van der Waals surface area contributed by atoms with Crippen LogP contribution < -0.4 is 9.47 Å². The lowest BCUT2D eigenvalue weighted by molar-refractivity contribution is -0.118. The van der Waals surface area contributed by atoms with Gasteiger partial charge in [-0.15, -0.1) is 0 Å². The Morgan fingerprint density at radius 1 is 0.824 bits per heavy atom. The van der Waals surface area contributed by atoms with Crippen LogP contribution in [0.3, 0.4) is 0 Å². The van der Waals surface area contributed by atoms with Gasteiger partial charge in [-0.1, -0.05) is 54.1 Å². The van der Waals surface area contributed by atoms with E-state index in [-0.39, 0.29) is 0 Å². The van der Waals surface area contributed by atoms with Crippen LogP contribution in [0.2, 0.25) is 5.02 Å². The molecule has 0 saturated heterocycles. The van der Waals surface area contributed by atoms with E-state index in [1.165, 1.54) is 22.3 Å². The molecule has 0 fully saturated rings. The van der Waals surface area contributed by atoms with Crippen molar-refractivity contribution in [2.75, 3.05) is 27.3 Å². The average Bonchev–Trinajstić information content (AvgIpc) is 2.89.